The lowest BCUT2D eigenvalue weighted by molar-refractivity contribution is -0.883. The van der Waals surface area contributed by atoms with Crippen molar-refractivity contribution >= 4 is 0 Å². The van der Waals surface area contributed by atoms with Gasteiger partial charge in [-0.15, -0.1) is 6.42 Å². The Labute approximate surface area is 107 Å². The average molecular weight is 276 g/mol. The minimum atomic E-state index is 0. The molecular weight excluding hydrogens is 250 g/mol. The molecule has 15 heavy (non-hydrogen) atoms. The lowest BCUT2D eigenvalue weighted by atomic mass is 10.1. The van der Waals surface area contributed by atoms with Gasteiger partial charge in [0.25, 0.3) is 0 Å². The zero-order valence-electron chi connectivity index (χ0n) is 10.6. The number of unbranched alkanes of at least 4 members (excludes halogenated alkanes) is 5. The van der Waals surface area contributed by atoms with Crippen LogP contribution in [-0.4, -0.2) is 31.7 Å². The Kier molecular flexibility index (Phi) is 12.2. The molecule has 1 nitrogen and oxygen atoms in total. The summed E-state index contributed by atoms with van der Waals surface area (Å²) in [6, 6.07) is 0. The molecule has 90 valence electrons. The molecule has 0 aliphatic rings. The molecule has 0 heterocycles. The van der Waals surface area contributed by atoms with E-state index in [2.05, 4.69) is 26.9 Å². The van der Waals surface area contributed by atoms with E-state index in [1.54, 1.807) is 0 Å². The van der Waals surface area contributed by atoms with Gasteiger partial charge < -0.3 is 21.5 Å². The smallest absolute Gasteiger partial charge is 0.140 e. The molecule has 0 aromatic carbocycles. The highest BCUT2D eigenvalue weighted by Crippen LogP contribution is 2.07. The van der Waals surface area contributed by atoms with Gasteiger partial charge in [-0.05, 0) is 18.8 Å². The Morgan fingerprint density at radius 3 is 2.07 bits per heavy atom. The van der Waals surface area contributed by atoms with Gasteiger partial charge in [0.2, 0.25) is 0 Å². The van der Waals surface area contributed by atoms with Gasteiger partial charge in [0, 0.05) is 0 Å². The van der Waals surface area contributed by atoms with E-state index in [0.717, 1.165) is 11.0 Å². The summed E-state index contributed by atoms with van der Waals surface area (Å²) in [6.45, 7) is 4.33. The van der Waals surface area contributed by atoms with E-state index in [0.29, 0.717) is 0 Å². The second-order valence-electron chi connectivity index (χ2n) is 4.79. The van der Waals surface area contributed by atoms with E-state index >= 15 is 0 Å². The monoisotopic (exact) mass is 275 g/mol. The van der Waals surface area contributed by atoms with Crippen molar-refractivity contribution in [3.05, 3.63) is 0 Å². The molecule has 0 rings (SSSR count). The van der Waals surface area contributed by atoms with Crippen LogP contribution in [0.25, 0.3) is 0 Å². The van der Waals surface area contributed by atoms with Gasteiger partial charge in [0.05, 0.1) is 20.6 Å². The molecule has 0 aliphatic carbocycles. The fourth-order valence-corrected chi connectivity index (χ4v) is 1.65. The zero-order valence-corrected chi connectivity index (χ0v) is 12.1. The third-order valence-corrected chi connectivity index (χ3v) is 2.64. The van der Waals surface area contributed by atoms with Gasteiger partial charge in [-0.3, -0.25) is 0 Å². The van der Waals surface area contributed by atoms with Crippen molar-refractivity contribution in [2.24, 2.45) is 0 Å². The lowest BCUT2D eigenvalue weighted by Crippen LogP contribution is -3.00. The minimum absolute atomic E-state index is 0. The Morgan fingerprint density at radius 2 is 1.53 bits per heavy atom. The predicted octanol–water partition coefficient (Wildman–Crippen LogP) is 0.0605. The maximum absolute atomic E-state index is 5.32. The summed E-state index contributed by atoms with van der Waals surface area (Å²) in [5.41, 5.74) is 0. The molecule has 0 aromatic heterocycles. The maximum Gasteiger partial charge on any atom is 0.140 e. The summed E-state index contributed by atoms with van der Waals surface area (Å²) in [5.74, 6) is 2.74. The normalized spacial score (nSPS) is 10.5. The number of hydrogen-bond donors (Lipinski definition) is 0. The van der Waals surface area contributed by atoms with E-state index < -0.39 is 0 Å². The van der Waals surface area contributed by atoms with Crippen LogP contribution in [0.3, 0.4) is 0 Å². The van der Waals surface area contributed by atoms with Gasteiger partial charge in [-0.1, -0.05) is 32.6 Å². The van der Waals surface area contributed by atoms with Gasteiger partial charge in [0.1, 0.15) is 6.54 Å². The van der Waals surface area contributed by atoms with Crippen LogP contribution in [0.15, 0.2) is 0 Å². The van der Waals surface area contributed by atoms with Crippen LogP contribution in [0.4, 0.5) is 0 Å². The highest BCUT2D eigenvalue weighted by molar-refractivity contribution is 4.83. The number of terminal acetylenes is 1. The molecular formula is C13H26BrN. The van der Waals surface area contributed by atoms with Gasteiger partial charge in [-0.25, -0.2) is 0 Å². The van der Waals surface area contributed by atoms with E-state index in [4.69, 9.17) is 6.42 Å². The van der Waals surface area contributed by atoms with Crippen molar-refractivity contribution in [3.8, 4) is 12.3 Å². The van der Waals surface area contributed by atoms with Crippen LogP contribution >= 0.6 is 0 Å². The van der Waals surface area contributed by atoms with Crippen LogP contribution < -0.4 is 17.0 Å². The molecule has 0 aliphatic heterocycles. The summed E-state index contributed by atoms with van der Waals surface area (Å²) in [4.78, 5) is 0. The Morgan fingerprint density at radius 1 is 1.00 bits per heavy atom. The molecule has 0 N–H and O–H groups in total. The van der Waals surface area contributed by atoms with Crippen molar-refractivity contribution in [1.29, 1.82) is 0 Å². The first-order valence-electron chi connectivity index (χ1n) is 5.88. The number of quaternary nitrogens is 1. The minimum Gasteiger partial charge on any atom is -1.00 e. The average Bonchev–Trinajstić information content (AvgIpc) is 2.11. The van der Waals surface area contributed by atoms with Crippen LogP contribution in [-0.2, 0) is 0 Å². The summed E-state index contributed by atoms with van der Waals surface area (Å²) in [6.07, 6.45) is 13.5. The van der Waals surface area contributed by atoms with Crippen molar-refractivity contribution in [3.63, 3.8) is 0 Å². The van der Waals surface area contributed by atoms with E-state index in [-0.39, 0.29) is 17.0 Å². The van der Waals surface area contributed by atoms with E-state index in [9.17, 15) is 0 Å². The summed E-state index contributed by atoms with van der Waals surface area (Å²) in [5, 5.41) is 0. The third-order valence-electron chi connectivity index (χ3n) is 2.64. The second-order valence-corrected chi connectivity index (χ2v) is 4.79. The molecule has 0 saturated carbocycles. The fourth-order valence-electron chi connectivity index (χ4n) is 1.65. The molecule has 0 spiro atoms. The maximum atomic E-state index is 5.32. The van der Waals surface area contributed by atoms with Crippen LogP contribution in [0, 0.1) is 12.3 Å². The van der Waals surface area contributed by atoms with Crippen LogP contribution in [0.1, 0.15) is 45.4 Å². The van der Waals surface area contributed by atoms with Crippen molar-refractivity contribution < 1.29 is 21.5 Å². The van der Waals surface area contributed by atoms with Gasteiger partial charge >= 0.3 is 0 Å². The Balaban J connectivity index is 0. The zero-order chi connectivity index (χ0) is 10.9. The first kappa shape index (κ1) is 17.4. The molecule has 0 aromatic rings. The van der Waals surface area contributed by atoms with Crippen LogP contribution in [0.2, 0.25) is 0 Å². The molecule has 0 saturated heterocycles. The van der Waals surface area contributed by atoms with E-state index in [1.165, 1.54) is 45.1 Å². The molecule has 2 heteroatoms. The number of halogens is 1. The van der Waals surface area contributed by atoms with Crippen molar-refractivity contribution in [2.45, 2.75) is 45.4 Å². The predicted molar refractivity (Wildman–Crippen MR) is 64.1 cm³/mol. The summed E-state index contributed by atoms with van der Waals surface area (Å²) >= 11 is 0. The quantitative estimate of drug-likeness (QED) is 0.334. The first-order valence-corrected chi connectivity index (χ1v) is 5.88. The Hall–Kier alpha value is 0. The second kappa shape index (κ2) is 10.5. The fraction of sp³-hybridized carbons (Fsp3) is 0.846. The third kappa shape index (κ3) is 11.9. The largest absolute Gasteiger partial charge is 1.00 e. The van der Waals surface area contributed by atoms with Crippen molar-refractivity contribution in [1.82, 2.24) is 0 Å². The molecule has 0 amide bonds. The number of nitrogens with zero attached hydrogens (tertiary/aromatic N) is 1. The highest BCUT2D eigenvalue weighted by Gasteiger charge is 2.11. The summed E-state index contributed by atoms with van der Waals surface area (Å²) < 4.78 is 0.976. The molecule has 0 atom stereocenters. The Bertz CT molecular complexity index is 170. The SMILES string of the molecule is C#CC[N+](C)(C)CCCCCCCC.[Br-]. The summed E-state index contributed by atoms with van der Waals surface area (Å²) in [7, 11) is 4.43. The molecule has 0 fully saturated rings. The van der Waals surface area contributed by atoms with Crippen LogP contribution in [0.5, 0.6) is 0 Å². The number of hydrogen-bond acceptors (Lipinski definition) is 0. The molecule has 0 unspecified atom stereocenters. The topological polar surface area (TPSA) is 0 Å². The van der Waals surface area contributed by atoms with Gasteiger partial charge in [0.15, 0.2) is 0 Å². The van der Waals surface area contributed by atoms with E-state index in [1.807, 2.05) is 0 Å². The van der Waals surface area contributed by atoms with Crippen molar-refractivity contribution in [2.75, 3.05) is 27.2 Å². The lowest BCUT2D eigenvalue weighted by Gasteiger charge is -2.27. The molecule has 0 bridgehead atoms. The molecule has 0 radical (unpaired) electrons. The first-order chi connectivity index (χ1) is 6.62. The highest BCUT2D eigenvalue weighted by atomic mass is 79.9. The number of rotatable bonds is 8. The standard InChI is InChI=1S/C13H26N.BrH/c1-5-7-8-9-10-11-13-14(3,4)12-6-2;/h2H,5,7-13H2,1,3-4H3;1H/q+1;/p-1. The van der Waals surface area contributed by atoms with Gasteiger partial charge in [-0.2, -0.15) is 0 Å².